The van der Waals surface area contributed by atoms with Gasteiger partial charge in [-0.2, -0.15) is 0 Å². The van der Waals surface area contributed by atoms with Crippen molar-refractivity contribution in [3.63, 3.8) is 0 Å². The fraction of sp³-hybridized carbons (Fsp3) is 0.429. The fourth-order valence-corrected chi connectivity index (χ4v) is 5.05. The number of hydrogen-bond donors (Lipinski definition) is 1. The molecule has 1 aromatic heterocycles. The number of hydrogen-bond acceptors (Lipinski definition) is 7. The summed E-state index contributed by atoms with van der Waals surface area (Å²) in [5.74, 6) is -0.399. The number of nitriles is 1. The number of carbonyl (C=O) groups excluding carboxylic acids is 2. The maximum atomic E-state index is 14.2. The number of rotatable bonds is 13. The van der Waals surface area contributed by atoms with Crippen LogP contribution in [-0.2, 0) is 28.7 Å². The first-order chi connectivity index (χ1) is 23.3. The van der Waals surface area contributed by atoms with Gasteiger partial charge in [0.15, 0.2) is 0 Å². The molecule has 260 valence electrons. The summed E-state index contributed by atoms with van der Waals surface area (Å²) in [4.78, 5) is 37.0. The summed E-state index contributed by atoms with van der Waals surface area (Å²) in [6.45, 7) is 10.3. The second-order valence-electron chi connectivity index (χ2n) is 12.0. The second kappa shape index (κ2) is 18.1. The first-order valence-corrected chi connectivity index (χ1v) is 16.1. The van der Waals surface area contributed by atoms with E-state index >= 15 is 0 Å². The average molecular weight is 681 g/mol. The molecular formula is C35H41BF4N6O3. The molecule has 2 unspecified atom stereocenters. The van der Waals surface area contributed by atoms with Crippen LogP contribution in [0.5, 0.6) is 0 Å². The molecular weight excluding hydrogens is 639 g/mol. The molecule has 0 saturated heterocycles. The van der Waals surface area contributed by atoms with Crippen molar-refractivity contribution in [2.24, 2.45) is 5.92 Å². The molecule has 3 aromatic rings. The molecule has 2 atom stereocenters. The Bertz CT molecular complexity index is 1600. The second-order valence-corrected chi connectivity index (χ2v) is 12.0. The van der Waals surface area contributed by atoms with Crippen molar-refractivity contribution in [1.82, 2.24) is 25.1 Å². The van der Waals surface area contributed by atoms with Crippen LogP contribution < -0.4 is 5.32 Å². The Kier molecular flexibility index (Phi) is 14.3. The van der Waals surface area contributed by atoms with Crippen LogP contribution in [0.2, 0.25) is 0 Å². The first-order valence-electron chi connectivity index (χ1n) is 16.1. The Balaban J connectivity index is 0.00000121. The van der Waals surface area contributed by atoms with Gasteiger partial charge in [-0.15, -0.1) is 0 Å². The predicted octanol–water partition coefficient (Wildman–Crippen LogP) is 7.09. The van der Waals surface area contributed by atoms with Crippen molar-refractivity contribution >= 4 is 25.2 Å². The van der Waals surface area contributed by atoms with Gasteiger partial charge in [0.1, 0.15) is 0 Å². The number of carbonyl (C=O) groups is 2. The number of nitrogens with zero attached hydrogens (tertiary/aromatic N) is 5. The summed E-state index contributed by atoms with van der Waals surface area (Å²) < 4.78 is 60.8. The zero-order chi connectivity index (χ0) is 36.1. The van der Waals surface area contributed by atoms with E-state index in [1.54, 1.807) is 19.1 Å². The van der Waals surface area contributed by atoms with Crippen molar-refractivity contribution in [2.45, 2.75) is 91.7 Å². The zero-order valence-electron chi connectivity index (χ0n) is 28.3. The minimum absolute atomic E-state index is 0.00678. The Morgan fingerprint density at radius 3 is 2.18 bits per heavy atom. The van der Waals surface area contributed by atoms with Crippen LogP contribution in [0.15, 0.2) is 54.9 Å². The SMILES string of the molecule is CCC(C)C.CCCCC(c1ccc(C(F)(F)F)c(C(=O)N2Cc3nccnc3C2)c1)N(C=O)C(=BOC#N)NC(C)c1ccc(F)cc1. The molecule has 4 rings (SSSR count). The molecule has 2 heterocycles. The molecule has 0 spiro atoms. The van der Waals surface area contributed by atoms with E-state index in [1.807, 2.05) is 6.92 Å². The topological polar surface area (TPSA) is 111 Å². The molecule has 0 bridgehead atoms. The van der Waals surface area contributed by atoms with Crippen LogP contribution in [0, 0.1) is 23.3 Å². The summed E-state index contributed by atoms with van der Waals surface area (Å²) in [6, 6.07) is 7.54. The molecule has 49 heavy (non-hydrogen) atoms. The van der Waals surface area contributed by atoms with Gasteiger partial charge in [0.05, 0.1) is 0 Å². The van der Waals surface area contributed by atoms with Gasteiger partial charge in [0.25, 0.3) is 0 Å². The van der Waals surface area contributed by atoms with Gasteiger partial charge in [-0.1, -0.05) is 27.2 Å². The van der Waals surface area contributed by atoms with Gasteiger partial charge >= 0.3 is 252 Å². The summed E-state index contributed by atoms with van der Waals surface area (Å²) in [5, 5.41) is 12.2. The molecule has 0 fully saturated rings. The van der Waals surface area contributed by atoms with Gasteiger partial charge in [0.2, 0.25) is 0 Å². The Morgan fingerprint density at radius 1 is 1.08 bits per heavy atom. The first kappa shape index (κ1) is 38.7. The quantitative estimate of drug-likeness (QED) is 0.0889. The van der Waals surface area contributed by atoms with E-state index in [2.05, 4.69) is 36.1 Å². The number of halogens is 4. The van der Waals surface area contributed by atoms with Gasteiger partial charge in [-0.3, -0.25) is 0 Å². The summed E-state index contributed by atoms with van der Waals surface area (Å²) >= 11 is 0. The van der Waals surface area contributed by atoms with Crippen molar-refractivity contribution < 1.29 is 31.8 Å². The van der Waals surface area contributed by atoms with Gasteiger partial charge in [-0.05, 0) is 5.92 Å². The molecule has 2 aromatic carbocycles. The van der Waals surface area contributed by atoms with Crippen LogP contribution in [0.4, 0.5) is 17.6 Å². The Hall–Kier alpha value is -4.80. The van der Waals surface area contributed by atoms with E-state index in [0.29, 0.717) is 42.6 Å². The fourth-order valence-electron chi connectivity index (χ4n) is 5.05. The van der Waals surface area contributed by atoms with Crippen LogP contribution in [-0.4, -0.2) is 44.9 Å². The third-order valence-corrected chi connectivity index (χ3v) is 8.13. The standard InChI is InChI=1S/C30H29BF4N6O3.C5H12/c1-3-4-5-27(41(18-42)29(31-44-17-36)39-19(2)20-6-9-22(32)10-7-20)21-8-11-24(30(33,34)35)23(14-21)28(43)40-15-25-26(16-40)38-13-12-37-25;1-4-5(2)3/h6-14,18-19,27,39H,3-5,15-16H2,1-2H3;5H,4H2,1-3H3. The van der Waals surface area contributed by atoms with Crippen LogP contribution in [0.3, 0.4) is 0 Å². The van der Waals surface area contributed by atoms with Crippen molar-refractivity contribution in [3.05, 3.63) is 94.3 Å². The third kappa shape index (κ3) is 10.6. The molecule has 9 nitrogen and oxygen atoms in total. The van der Waals surface area contributed by atoms with Crippen LogP contribution >= 0.6 is 0 Å². The number of aromatic nitrogens is 2. The van der Waals surface area contributed by atoms with Gasteiger partial charge in [0, 0.05) is 0 Å². The minimum atomic E-state index is -4.83. The van der Waals surface area contributed by atoms with Crippen LogP contribution in [0.1, 0.15) is 111 Å². The summed E-state index contributed by atoms with van der Waals surface area (Å²) in [5.41, 5.74) is 0.305. The molecule has 1 aliphatic rings. The molecule has 0 radical (unpaired) electrons. The van der Waals surface area contributed by atoms with Gasteiger partial charge < -0.3 is 0 Å². The molecule has 0 aliphatic carbocycles. The monoisotopic (exact) mass is 680 g/mol. The molecule has 2 amide bonds. The Morgan fingerprint density at radius 2 is 1.67 bits per heavy atom. The molecule has 1 aliphatic heterocycles. The van der Waals surface area contributed by atoms with E-state index in [0.717, 1.165) is 25.2 Å². The average Bonchev–Trinajstić information content (AvgIpc) is 3.52. The number of nitrogens with one attached hydrogen (secondary N) is 1. The predicted molar refractivity (Wildman–Crippen MR) is 178 cm³/mol. The zero-order valence-corrected chi connectivity index (χ0v) is 28.3. The number of benzene rings is 2. The van der Waals surface area contributed by atoms with Crippen molar-refractivity contribution in [3.8, 4) is 6.26 Å². The maximum absolute atomic E-state index is 14.2. The number of alkyl halides is 3. The van der Waals surface area contributed by atoms with Crippen molar-refractivity contribution in [2.75, 3.05) is 0 Å². The summed E-state index contributed by atoms with van der Waals surface area (Å²) in [6.07, 6.45) is 2.97. The van der Waals surface area contributed by atoms with Gasteiger partial charge in [-0.25, -0.2) is 0 Å². The van der Waals surface area contributed by atoms with Crippen LogP contribution in [0.25, 0.3) is 0 Å². The molecule has 1 N–H and O–H groups in total. The number of unbranched alkanes of at least 4 members (excludes halogenated alkanes) is 1. The normalized spacial score (nSPS) is 13.7. The Labute approximate surface area is 285 Å². The van der Waals surface area contributed by atoms with E-state index in [-0.39, 0.29) is 24.4 Å². The summed E-state index contributed by atoms with van der Waals surface area (Å²) in [7, 11) is 1.02. The molecule has 0 saturated carbocycles. The van der Waals surface area contributed by atoms with E-state index in [4.69, 9.17) is 9.92 Å². The number of fused-ring (bicyclic) bond motifs is 1. The third-order valence-electron chi connectivity index (χ3n) is 8.13. The van der Waals surface area contributed by atoms with E-state index < -0.39 is 41.1 Å². The van der Waals surface area contributed by atoms with E-state index in [1.165, 1.54) is 53.1 Å². The number of amides is 2. The molecule has 14 heteroatoms. The van der Waals surface area contributed by atoms with E-state index in [9.17, 15) is 27.2 Å². The van der Waals surface area contributed by atoms with Crippen molar-refractivity contribution in [1.29, 1.82) is 5.26 Å².